The number of piperidine rings is 2. The molecule has 10 amide bonds. The fourth-order valence-corrected chi connectivity index (χ4v) is 11.4. The lowest BCUT2D eigenvalue weighted by Crippen LogP contribution is -2.54. The number of carbonyl (C=O) groups is 10. The molecule has 32 heteroatoms. The van der Waals surface area contributed by atoms with Gasteiger partial charge in [-0.3, -0.25) is 63.0 Å². The first-order valence-electron chi connectivity index (χ1n) is 32.7. The van der Waals surface area contributed by atoms with Gasteiger partial charge in [-0.1, -0.05) is 17.7 Å². The van der Waals surface area contributed by atoms with Gasteiger partial charge >= 0.3 is 12.2 Å². The van der Waals surface area contributed by atoms with Gasteiger partial charge in [0.05, 0.1) is 138 Å². The lowest BCUT2D eigenvalue weighted by atomic mass is 10.0. The molecule has 6 heterocycles. The summed E-state index contributed by atoms with van der Waals surface area (Å²) in [5.74, 6) is -4.25. The van der Waals surface area contributed by atoms with Gasteiger partial charge in [0.15, 0.2) is 0 Å². The third kappa shape index (κ3) is 24.4. The van der Waals surface area contributed by atoms with E-state index in [0.29, 0.717) is 124 Å². The first-order valence-corrected chi connectivity index (χ1v) is 34.1. The summed E-state index contributed by atoms with van der Waals surface area (Å²) in [5, 5.41) is 13.7. The minimum absolute atomic E-state index is 0.0616. The highest BCUT2D eigenvalue weighted by atomic mass is 32.2. The Hall–Kier alpha value is -8.05. The molecular formula is C67H90N6O25S. The molecule has 4 unspecified atom stereocenters. The molecule has 0 aliphatic carbocycles. The second kappa shape index (κ2) is 37.4. The van der Waals surface area contributed by atoms with Gasteiger partial charge in [0, 0.05) is 39.1 Å². The Labute approximate surface area is 574 Å². The quantitative estimate of drug-likeness (QED) is 0.0500. The van der Waals surface area contributed by atoms with Crippen LogP contribution in [0.2, 0.25) is 0 Å². The zero-order chi connectivity index (χ0) is 71.9. The fourth-order valence-electron chi connectivity index (χ4n) is 10.5. The maximum Gasteiger partial charge on any atom is 0.410 e. The number of aromatic hydroxyl groups is 1. The van der Waals surface area contributed by atoms with Crippen molar-refractivity contribution in [3.63, 3.8) is 0 Å². The number of imide groups is 4. The summed E-state index contributed by atoms with van der Waals surface area (Å²) in [5.41, 5.74) is 0.489. The molecule has 3 N–H and O–H groups in total. The Morgan fingerprint density at radius 1 is 0.515 bits per heavy atom. The van der Waals surface area contributed by atoms with Gasteiger partial charge in [-0.05, 0) is 123 Å². The molecule has 31 nitrogen and oxygen atoms in total. The van der Waals surface area contributed by atoms with Crippen LogP contribution in [0.3, 0.4) is 0 Å². The normalized spacial score (nSPS) is 19.5. The molecular weight excluding hydrogens is 1320 g/mol. The molecule has 3 aromatic rings. The maximum atomic E-state index is 12.9. The monoisotopic (exact) mass is 1410 g/mol. The van der Waals surface area contributed by atoms with Crippen LogP contribution < -0.4 is 15.4 Å². The number of morpholine rings is 2. The number of hydrogen-bond acceptors (Lipinski definition) is 25. The van der Waals surface area contributed by atoms with Crippen LogP contribution in [-0.4, -0.2) is 260 Å². The van der Waals surface area contributed by atoms with E-state index in [1.54, 1.807) is 28.0 Å². The Bertz CT molecular complexity index is 3430. The molecule has 3 aromatic carbocycles. The predicted octanol–water partition coefficient (Wildman–Crippen LogP) is 4.11. The predicted molar refractivity (Wildman–Crippen MR) is 347 cm³/mol. The minimum Gasteiger partial charge on any atom is -0.508 e. The lowest BCUT2D eigenvalue weighted by Gasteiger charge is -2.34. The molecule has 0 radical (unpaired) electrons. The van der Waals surface area contributed by atoms with E-state index in [-0.39, 0.29) is 109 Å². The highest BCUT2D eigenvalue weighted by Gasteiger charge is 2.46. The second-order valence-corrected chi connectivity index (χ2v) is 27.0. The van der Waals surface area contributed by atoms with Crippen molar-refractivity contribution in [2.24, 2.45) is 0 Å². The summed E-state index contributed by atoms with van der Waals surface area (Å²) in [7, 11) is -3.77. The van der Waals surface area contributed by atoms with Crippen LogP contribution in [-0.2, 0) is 80.8 Å². The molecule has 9 rings (SSSR count). The standard InChI is InChI=1S/C30H41N3O11.C24H39NO9S.C13H10N2O5/c1-30(2,3)44-29(38)32-9-11-42-21(19-32)8-10-39-12-13-40-14-15-41-16-17-43-20-4-5-22-23(18-20)28(37)33(27(22)36)24-6-7-25(34)31-26(24)35;1-20-5-7-22(8-6-20)35(27,28)33-18-17-31-16-15-30-14-13-29-11-9-21-19-25(10-12-32-21)23(26)34-24(2,3)4;16-6-1-2-7-8(5-6)13(20)15(12(7)19)9-3-4-10(17)14-11(9)18/h4-5,18,21,24H,6-17,19H2,1-3H3,(H,31,34,35);5-8,21H,9-19H2,1-4H3;1-2,5,9,16H,3-4H2,(H,14,17,18). The van der Waals surface area contributed by atoms with Crippen molar-refractivity contribution in [2.75, 3.05) is 132 Å². The van der Waals surface area contributed by atoms with Crippen LogP contribution in [0.1, 0.15) is 127 Å². The fraction of sp³-hybridized carbons (Fsp3) is 0.582. The summed E-state index contributed by atoms with van der Waals surface area (Å²) < 4.78 is 90.0. The minimum atomic E-state index is -3.77. The number of phenolic OH excluding ortho intramolecular Hbond substituents is 1. The highest BCUT2D eigenvalue weighted by Crippen LogP contribution is 2.32. The number of hydrogen-bond donors (Lipinski definition) is 3. The van der Waals surface area contributed by atoms with E-state index in [1.807, 2.05) is 48.5 Å². The first-order chi connectivity index (χ1) is 47.1. The number of nitrogens with one attached hydrogen (secondary N) is 2. The molecule has 0 saturated carbocycles. The largest absolute Gasteiger partial charge is 0.508 e. The summed E-state index contributed by atoms with van der Waals surface area (Å²) in [6.45, 7) is 20.6. The number of benzene rings is 3. The Morgan fingerprint density at radius 3 is 1.34 bits per heavy atom. The third-order valence-corrected chi connectivity index (χ3v) is 16.7. The van der Waals surface area contributed by atoms with Gasteiger partial charge < -0.3 is 67.0 Å². The number of carbonyl (C=O) groups excluding carboxylic acids is 10. The van der Waals surface area contributed by atoms with E-state index in [2.05, 4.69) is 10.6 Å². The van der Waals surface area contributed by atoms with Crippen LogP contribution >= 0.6 is 0 Å². The van der Waals surface area contributed by atoms with Gasteiger partial charge in [-0.15, -0.1) is 0 Å². The Kier molecular flexibility index (Phi) is 29.6. The second-order valence-electron chi connectivity index (χ2n) is 25.4. The number of ether oxygens (including phenoxy) is 11. The molecule has 0 spiro atoms. The Morgan fingerprint density at radius 2 is 0.909 bits per heavy atom. The van der Waals surface area contributed by atoms with Crippen molar-refractivity contribution < 1.29 is 118 Å². The van der Waals surface area contributed by atoms with Crippen molar-refractivity contribution in [1.82, 2.24) is 30.2 Å². The van der Waals surface area contributed by atoms with Gasteiger partial charge in [-0.2, -0.15) is 8.42 Å². The number of phenols is 1. The summed E-state index contributed by atoms with van der Waals surface area (Å²) in [4.78, 5) is 126. The van der Waals surface area contributed by atoms with Crippen LogP contribution in [0.15, 0.2) is 65.6 Å². The van der Waals surface area contributed by atoms with Gasteiger partial charge in [-0.25, -0.2) is 9.59 Å². The molecule has 6 aliphatic heterocycles. The first kappa shape index (κ1) is 78.3. The molecule has 6 aliphatic rings. The zero-order valence-electron chi connectivity index (χ0n) is 56.9. The molecule has 4 fully saturated rings. The number of aryl methyl sites for hydroxylation is 1. The summed E-state index contributed by atoms with van der Waals surface area (Å²) >= 11 is 0. The van der Waals surface area contributed by atoms with E-state index in [0.717, 1.165) is 15.4 Å². The van der Waals surface area contributed by atoms with Crippen molar-refractivity contribution in [1.29, 1.82) is 0 Å². The van der Waals surface area contributed by atoms with Gasteiger partial charge in [0.2, 0.25) is 23.6 Å². The van der Waals surface area contributed by atoms with E-state index >= 15 is 0 Å². The van der Waals surface area contributed by atoms with Crippen molar-refractivity contribution in [3.05, 3.63) is 88.5 Å². The third-order valence-electron chi connectivity index (χ3n) is 15.3. The number of fused-ring (bicyclic) bond motifs is 2. The average molecular weight is 1410 g/mol. The molecule has 99 heavy (non-hydrogen) atoms. The van der Waals surface area contributed by atoms with E-state index in [4.69, 9.17) is 56.3 Å². The van der Waals surface area contributed by atoms with Crippen LogP contribution in [0.5, 0.6) is 11.5 Å². The topological polar surface area (TPSA) is 373 Å². The van der Waals surface area contributed by atoms with Crippen molar-refractivity contribution in [2.45, 2.75) is 127 Å². The van der Waals surface area contributed by atoms with Gasteiger partial charge in [0.25, 0.3) is 33.7 Å². The molecule has 544 valence electrons. The molecule has 0 bridgehead atoms. The smallest absolute Gasteiger partial charge is 0.410 e. The number of amides is 10. The SMILES string of the molecule is CC(C)(C)OC(=O)N1CCOC(CCOCCOCCOCCOc2ccc3c(c2)C(=O)N(C2CCC(=O)NC2=O)C3=O)C1.Cc1ccc(S(=O)(=O)OCCOCCOCCOCCC2CN(C(=O)OC(C)(C)C)CCO2)cc1.O=C1CCC(N2C(=O)c3ccc(O)cc3C2=O)C(=O)N1. The van der Waals surface area contributed by atoms with E-state index in [1.165, 1.54) is 42.5 Å². The molecule has 4 saturated heterocycles. The van der Waals surface area contributed by atoms with E-state index in [9.17, 15) is 61.5 Å². The van der Waals surface area contributed by atoms with Crippen LogP contribution in [0.4, 0.5) is 9.59 Å². The molecule has 4 atom stereocenters. The van der Waals surface area contributed by atoms with Crippen molar-refractivity contribution in [3.8, 4) is 11.5 Å². The number of nitrogens with zero attached hydrogens (tertiary/aromatic N) is 4. The summed E-state index contributed by atoms with van der Waals surface area (Å²) in [6, 6.07) is 12.9. The maximum absolute atomic E-state index is 12.9. The van der Waals surface area contributed by atoms with Crippen molar-refractivity contribution >= 4 is 69.6 Å². The highest BCUT2D eigenvalue weighted by molar-refractivity contribution is 7.86. The number of rotatable bonds is 29. The summed E-state index contributed by atoms with van der Waals surface area (Å²) in [6.07, 6.45) is 0.865. The van der Waals surface area contributed by atoms with Crippen LogP contribution in [0.25, 0.3) is 0 Å². The Balaban J connectivity index is 0.000000223. The lowest BCUT2D eigenvalue weighted by molar-refractivity contribution is -0.137. The average Bonchev–Trinajstić information content (AvgIpc) is 1.62. The van der Waals surface area contributed by atoms with Crippen LogP contribution in [0, 0.1) is 6.92 Å². The van der Waals surface area contributed by atoms with E-state index < -0.39 is 80.7 Å². The molecule has 0 aromatic heterocycles. The van der Waals surface area contributed by atoms with Gasteiger partial charge in [0.1, 0.15) is 41.4 Å². The zero-order valence-corrected chi connectivity index (χ0v) is 57.7.